The SMILES string of the molecule is CNC(=O)c1ncc(OC(N)=O)cn1. The molecule has 1 aromatic heterocycles. The molecule has 1 aromatic rings. The number of amides is 2. The molecular weight excluding hydrogens is 188 g/mol. The van der Waals surface area contributed by atoms with Gasteiger partial charge in [-0.2, -0.15) is 0 Å². The number of hydrogen-bond donors (Lipinski definition) is 2. The van der Waals surface area contributed by atoms with Crippen molar-refractivity contribution in [2.75, 3.05) is 7.05 Å². The predicted molar refractivity (Wildman–Crippen MR) is 45.6 cm³/mol. The molecule has 74 valence electrons. The summed E-state index contributed by atoms with van der Waals surface area (Å²) in [6.07, 6.45) is 1.41. The molecule has 7 heteroatoms. The van der Waals surface area contributed by atoms with Crippen molar-refractivity contribution < 1.29 is 14.3 Å². The van der Waals surface area contributed by atoms with Gasteiger partial charge in [0.15, 0.2) is 5.75 Å². The van der Waals surface area contributed by atoms with Crippen molar-refractivity contribution in [3.63, 3.8) is 0 Å². The van der Waals surface area contributed by atoms with Gasteiger partial charge in [0.1, 0.15) is 0 Å². The van der Waals surface area contributed by atoms with E-state index in [9.17, 15) is 9.59 Å². The number of carbonyl (C=O) groups excluding carboxylic acids is 2. The summed E-state index contributed by atoms with van der Waals surface area (Å²) >= 11 is 0. The molecule has 0 unspecified atom stereocenters. The molecule has 0 saturated carbocycles. The maximum absolute atomic E-state index is 11.0. The average Bonchev–Trinajstić information content (AvgIpc) is 2.17. The summed E-state index contributed by atoms with van der Waals surface area (Å²) in [6.45, 7) is 0. The number of nitrogens with one attached hydrogen (secondary N) is 1. The lowest BCUT2D eigenvalue weighted by molar-refractivity contribution is 0.0952. The van der Waals surface area contributed by atoms with Crippen LogP contribution in [0.1, 0.15) is 10.6 Å². The lowest BCUT2D eigenvalue weighted by atomic mass is 10.5. The van der Waals surface area contributed by atoms with Crippen LogP contribution >= 0.6 is 0 Å². The van der Waals surface area contributed by atoms with Crippen molar-refractivity contribution in [3.05, 3.63) is 18.2 Å². The summed E-state index contributed by atoms with van der Waals surface area (Å²) in [5.41, 5.74) is 4.75. The Bertz CT molecular complexity index is 348. The molecule has 3 N–H and O–H groups in total. The van der Waals surface area contributed by atoms with E-state index in [1.165, 1.54) is 19.4 Å². The molecule has 0 radical (unpaired) electrons. The largest absolute Gasteiger partial charge is 0.410 e. The Hall–Kier alpha value is -2.18. The zero-order valence-corrected chi connectivity index (χ0v) is 7.35. The third-order valence-corrected chi connectivity index (χ3v) is 1.28. The van der Waals surface area contributed by atoms with Crippen molar-refractivity contribution in [3.8, 4) is 5.75 Å². The van der Waals surface area contributed by atoms with Crippen molar-refractivity contribution in [1.29, 1.82) is 0 Å². The van der Waals surface area contributed by atoms with Crippen molar-refractivity contribution in [1.82, 2.24) is 15.3 Å². The smallest absolute Gasteiger partial charge is 0.407 e. The minimum Gasteiger partial charge on any atom is -0.407 e. The maximum atomic E-state index is 11.0. The first-order valence-electron chi connectivity index (χ1n) is 3.65. The Balaban J connectivity index is 2.78. The highest BCUT2D eigenvalue weighted by Gasteiger charge is 2.07. The van der Waals surface area contributed by atoms with Gasteiger partial charge in [0, 0.05) is 7.05 Å². The van der Waals surface area contributed by atoms with Crippen LogP contribution in [0.3, 0.4) is 0 Å². The summed E-state index contributed by atoms with van der Waals surface area (Å²) in [4.78, 5) is 28.6. The minimum absolute atomic E-state index is 0.00989. The molecule has 0 atom stereocenters. The molecule has 1 rings (SSSR count). The lowest BCUT2D eigenvalue weighted by Gasteiger charge is -2.00. The summed E-state index contributed by atoms with van der Waals surface area (Å²) in [5.74, 6) is -0.343. The van der Waals surface area contributed by atoms with Crippen LogP contribution in [0.2, 0.25) is 0 Å². The third-order valence-electron chi connectivity index (χ3n) is 1.28. The van der Waals surface area contributed by atoms with Gasteiger partial charge in [-0.1, -0.05) is 0 Å². The van der Waals surface area contributed by atoms with Gasteiger partial charge < -0.3 is 15.8 Å². The lowest BCUT2D eigenvalue weighted by Crippen LogP contribution is -2.21. The van der Waals surface area contributed by atoms with Gasteiger partial charge >= 0.3 is 6.09 Å². The van der Waals surface area contributed by atoms with Crippen LogP contribution in [0.5, 0.6) is 5.75 Å². The normalized spacial score (nSPS) is 9.21. The second kappa shape index (κ2) is 4.17. The van der Waals surface area contributed by atoms with Gasteiger partial charge in [0.05, 0.1) is 12.4 Å². The van der Waals surface area contributed by atoms with Crippen LogP contribution in [0.15, 0.2) is 12.4 Å². The first-order chi connectivity index (χ1) is 6.63. The molecule has 0 bridgehead atoms. The van der Waals surface area contributed by atoms with Crippen LogP contribution < -0.4 is 15.8 Å². The molecule has 0 aliphatic rings. The molecule has 0 aliphatic carbocycles. The fourth-order valence-electron chi connectivity index (χ4n) is 0.714. The molecule has 1 heterocycles. The van der Waals surface area contributed by atoms with Crippen molar-refractivity contribution >= 4 is 12.0 Å². The van der Waals surface area contributed by atoms with Gasteiger partial charge in [-0.3, -0.25) is 4.79 Å². The Morgan fingerprint density at radius 1 is 1.43 bits per heavy atom. The number of carbonyl (C=O) groups is 2. The molecular formula is C7H8N4O3. The van der Waals surface area contributed by atoms with Crippen molar-refractivity contribution in [2.24, 2.45) is 5.73 Å². The molecule has 0 saturated heterocycles. The standard InChI is InChI=1S/C7H8N4O3/c1-9-6(12)5-10-2-4(3-11-5)14-7(8)13/h2-3H,1H3,(H2,8,13)(H,9,12). The Labute approximate surface area is 79.3 Å². The van der Waals surface area contributed by atoms with Crippen LogP contribution in [-0.4, -0.2) is 29.0 Å². The van der Waals surface area contributed by atoms with E-state index in [0.29, 0.717) is 0 Å². The van der Waals surface area contributed by atoms with Crippen LogP contribution in [0.25, 0.3) is 0 Å². The Morgan fingerprint density at radius 3 is 2.43 bits per heavy atom. The average molecular weight is 196 g/mol. The van der Waals surface area contributed by atoms with Crippen LogP contribution in [0.4, 0.5) is 4.79 Å². The second-order valence-electron chi connectivity index (χ2n) is 2.24. The summed E-state index contributed by atoms with van der Waals surface area (Å²) in [6, 6.07) is 0. The molecule has 0 aromatic carbocycles. The quantitative estimate of drug-likeness (QED) is 0.649. The van der Waals surface area contributed by atoms with E-state index in [2.05, 4.69) is 20.0 Å². The highest BCUT2D eigenvalue weighted by atomic mass is 16.5. The van der Waals surface area contributed by atoms with Gasteiger partial charge in [0.25, 0.3) is 5.91 Å². The Morgan fingerprint density at radius 2 is 2.00 bits per heavy atom. The second-order valence-corrected chi connectivity index (χ2v) is 2.24. The zero-order valence-electron chi connectivity index (χ0n) is 7.35. The summed E-state index contributed by atoms with van der Waals surface area (Å²) in [5, 5.41) is 2.35. The van der Waals surface area contributed by atoms with E-state index in [4.69, 9.17) is 5.73 Å². The summed E-state index contributed by atoms with van der Waals surface area (Å²) < 4.78 is 4.46. The van der Waals surface area contributed by atoms with E-state index in [-0.39, 0.29) is 11.6 Å². The molecule has 14 heavy (non-hydrogen) atoms. The number of ether oxygens (including phenoxy) is 1. The van der Waals surface area contributed by atoms with E-state index < -0.39 is 12.0 Å². The fraction of sp³-hybridized carbons (Fsp3) is 0.143. The molecule has 2 amide bonds. The number of aromatic nitrogens is 2. The Kier molecular flexibility index (Phi) is 2.95. The maximum Gasteiger partial charge on any atom is 0.410 e. The van der Waals surface area contributed by atoms with Crippen molar-refractivity contribution in [2.45, 2.75) is 0 Å². The number of primary amides is 1. The number of rotatable bonds is 2. The molecule has 0 aliphatic heterocycles. The number of hydrogen-bond acceptors (Lipinski definition) is 5. The number of nitrogens with zero attached hydrogens (tertiary/aromatic N) is 2. The monoisotopic (exact) mass is 196 g/mol. The summed E-state index contributed by atoms with van der Waals surface area (Å²) in [7, 11) is 1.46. The molecule has 0 spiro atoms. The van der Waals surface area contributed by atoms with Gasteiger partial charge in [-0.05, 0) is 0 Å². The van der Waals surface area contributed by atoms with Gasteiger partial charge in [-0.15, -0.1) is 0 Å². The number of nitrogens with two attached hydrogens (primary N) is 1. The first kappa shape index (κ1) is 9.90. The van der Waals surface area contributed by atoms with Gasteiger partial charge in [0.2, 0.25) is 5.82 Å². The van der Waals surface area contributed by atoms with E-state index in [1.807, 2.05) is 0 Å². The van der Waals surface area contributed by atoms with E-state index in [1.54, 1.807) is 0 Å². The third kappa shape index (κ3) is 2.41. The van der Waals surface area contributed by atoms with E-state index in [0.717, 1.165) is 0 Å². The highest BCUT2D eigenvalue weighted by molar-refractivity contribution is 5.90. The molecule has 0 fully saturated rings. The minimum atomic E-state index is -0.957. The van der Waals surface area contributed by atoms with Crippen LogP contribution in [-0.2, 0) is 0 Å². The van der Waals surface area contributed by atoms with E-state index >= 15 is 0 Å². The predicted octanol–water partition coefficient (Wildman–Crippen LogP) is -0.706. The zero-order chi connectivity index (χ0) is 10.6. The topological polar surface area (TPSA) is 107 Å². The highest BCUT2D eigenvalue weighted by Crippen LogP contribution is 2.05. The first-order valence-corrected chi connectivity index (χ1v) is 3.65. The van der Waals surface area contributed by atoms with Gasteiger partial charge in [-0.25, -0.2) is 14.8 Å². The van der Waals surface area contributed by atoms with Crippen LogP contribution in [0, 0.1) is 0 Å². The molecule has 7 nitrogen and oxygen atoms in total. The fourth-order valence-corrected chi connectivity index (χ4v) is 0.714.